The molecule has 0 aliphatic carbocycles. The van der Waals surface area contributed by atoms with Gasteiger partial charge in [0.15, 0.2) is 0 Å². The highest BCUT2D eigenvalue weighted by Crippen LogP contribution is 2.43. The fourth-order valence-corrected chi connectivity index (χ4v) is 3.73. The molecule has 2 aromatic carbocycles. The van der Waals surface area contributed by atoms with Crippen molar-refractivity contribution in [2.45, 2.75) is 6.92 Å². The standard InChI is InChI=1S/C25H20N2/c1-4-6-7-13-20-17-26-25-18(3)24(21-14-9-8-12-19(21)5-2)22-15-10-11-16-23(22)27(20)25/h2,4,6-16H,1,17H2,3H3/b7-6-,20-13+. The number of terminal acetylenes is 1. The Morgan fingerprint density at radius 3 is 2.59 bits per heavy atom. The SMILES string of the molecule is C#Cc1ccccc1C1=C(C)C2=NC/C(=C\C=C/C=C)N2c2ccccc21. The second kappa shape index (κ2) is 6.97. The van der Waals surface area contributed by atoms with Gasteiger partial charge < -0.3 is 0 Å². The van der Waals surface area contributed by atoms with E-state index in [1.807, 2.05) is 30.4 Å². The first-order valence-electron chi connectivity index (χ1n) is 8.95. The largest absolute Gasteiger partial charge is 0.296 e. The summed E-state index contributed by atoms with van der Waals surface area (Å²) < 4.78 is 0. The molecule has 0 saturated heterocycles. The average Bonchev–Trinajstić information content (AvgIpc) is 3.13. The average molecular weight is 348 g/mol. The molecule has 4 rings (SSSR count). The van der Waals surface area contributed by atoms with Crippen molar-refractivity contribution in [1.29, 1.82) is 0 Å². The van der Waals surface area contributed by atoms with Crippen LogP contribution in [0.4, 0.5) is 5.69 Å². The van der Waals surface area contributed by atoms with Gasteiger partial charge in [-0.15, -0.1) is 6.42 Å². The summed E-state index contributed by atoms with van der Waals surface area (Å²) in [6.45, 7) is 6.52. The summed E-state index contributed by atoms with van der Waals surface area (Å²) in [6, 6.07) is 16.6. The van der Waals surface area contributed by atoms with Crippen molar-refractivity contribution in [3.8, 4) is 12.3 Å². The smallest absolute Gasteiger partial charge is 0.136 e. The van der Waals surface area contributed by atoms with Gasteiger partial charge in [0, 0.05) is 22.4 Å². The van der Waals surface area contributed by atoms with Gasteiger partial charge in [-0.05, 0) is 36.3 Å². The van der Waals surface area contributed by atoms with Crippen LogP contribution in [0.2, 0.25) is 0 Å². The molecule has 130 valence electrons. The summed E-state index contributed by atoms with van der Waals surface area (Å²) in [4.78, 5) is 7.08. The highest BCUT2D eigenvalue weighted by molar-refractivity contribution is 6.22. The van der Waals surface area contributed by atoms with Gasteiger partial charge in [0.2, 0.25) is 0 Å². The predicted octanol–water partition coefficient (Wildman–Crippen LogP) is 5.35. The third kappa shape index (κ3) is 2.74. The molecule has 0 aromatic heterocycles. The summed E-state index contributed by atoms with van der Waals surface area (Å²) in [7, 11) is 0. The van der Waals surface area contributed by atoms with Gasteiger partial charge >= 0.3 is 0 Å². The Morgan fingerprint density at radius 2 is 1.81 bits per heavy atom. The first kappa shape index (κ1) is 16.9. The van der Waals surface area contributed by atoms with Crippen LogP contribution in [0.5, 0.6) is 0 Å². The van der Waals surface area contributed by atoms with Gasteiger partial charge in [-0.2, -0.15) is 0 Å². The number of amidine groups is 1. The van der Waals surface area contributed by atoms with Gasteiger partial charge in [-0.3, -0.25) is 9.89 Å². The Hall–Kier alpha value is -3.57. The first-order chi connectivity index (χ1) is 13.3. The molecule has 0 radical (unpaired) electrons. The molecule has 2 nitrogen and oxygen atoms in total. The summed E-state index contributed by atoms with van der Waals surface area (Å²) in [5.74, 6) is 3.82. The van der Waals surface area contributed by atoms with Crippen LogP contribution in [0, 0.1) is 12.3 Å². The summed E-state index contributed by atoms with van der Waals surface area (Å²) in [5.41, 5.74) is 7.76. The molecule has 0 unspecified atom stereocenters. The van der Waals surface area contributed by atoms with E-state index < -0.39 is 0 Å². The van der Waals surface area contributed by atoms with E-state index in [4.69, 9.17) is 11.4 Å². The van der Waals surface area contributed by atoms with Gasteiger partial charge in [-0.25, -0.2) is 0 Å². The molecule has 0 saturated carbocycles. The van der Waals surface area contributed by atoms with Crippen LogP contribution >= 0.6 is 0 Å². The van der Waals surface area contributed by atoms with Crippen LogP contribution in [0.1, 0.15) is 23.6 Å². The van der Waals surface area contributed by atoms with E-state index in [9.17, 15) is 0 Å². The van der Waals surface area contributed by atoms with Crippen LogP contribution in [0.3, 0.4) is 0 Å². The zero-order valence-corrected chi connectivity index (χ0v) is 15.3. The van der Waals surface area contributed by atoms with E-state index in [0.29, 0.717) is 6.54 Å². The zero-order chi connectivity index (χ0) is 18.8. The van der Waals surface area contributed by atoms with Crippen molar-refractivity contribution in [1.82, 2.24) is 0 Å². The third-order valence-electron chi connectivity index (χ3n) is 4.90. The molecular weight excluding hydrogens is 328 g/mol. The topological polar surface area (TPSA) is 15.6 Å². The maximum Gasteiger partial charge on any atom is 0.136 e. The van der Waals surface area contributed by atoms with Crippen LogP contribution in [0.15, 0.2) is 95.7 Å². The number of allylic oxidation sites excluding steroid dienone is 4. The molecule has 0 fully saturated rings. The number of anilines is 1. The van der Waals surface area contributed by atoms with Crippen LogP contribution in [-0.4, -0.2) is 12.4 Å². The lowest BCUT2D eigenvalue weighted by atomic mass is 9.86. The lowest BCUT2D eigenvalue weighted by Gasteiger charge is -2.32. The van der Waals surface area contributed by atoms with Crippen molar-refractivity contribution >= 4 is 17.1 Å². The summed E-state index contributed by atoms with van der Waals surface area (Å²) >= 11 is 0. The van der Waals surface area contributed by atoms with Crippen LogP contribution < -0.4 is 4.90 Å². The van der Waals surface area contributed by atoms with Gasteiger partial charge in [0.25, 0.3) is 0 Å². The molecule has 0 spiro atoms. The van der Waals surface area contributed by atoms with Crippen molar-refractivity contribution in [3.05, 3.63) is 107 Å². The summed E-state index contributed by atoms with van der Waals surface area (Å²) in [6.07, 6.45) is 13.6. The van der Waals surface area contributed by atoms with Crippen LogP contribution in [-0.2, 0) is 0 Å². The number of hydrogen-bond donors (Lipinski definition) is 0. The minimum Gasteiger partial charge on any atom is -0.296 e. The molecule has 0 bridgehead atoms. The minimum absolute atomic E-state index is 0.659. The maximum absolute atomic E-state index is 5.78. The number of aliphatic imine (C=N–C) groups is 1. The molecule has 2 aromatic rings. The molecule has 0 atom stereocenters. The Morgan fingerprint density at radius 1 is 1.07 bits per heavy atom. The number of benzene rings is 2. The van der Waals surface area contributed by atoms with Gasteiger partial charge in [-0.1, -0.05) is 67.1 Å². The zero-order valence-electron chi connectivity index (χ0n) is 15.3. The molecule has 2 aliphatic rings. The first-order valence-corrected chi connectivity index (χ1v) is 8.95. The fourth-order valence-electron chi connectivity index (χ4n) is 3.73. The Bertz CT molecular complexity index is 1090. The number of rotatable bonds is 3. The van der Waals surface area contributed by atoms with Crippen molar-refractivity contribution in [2.24, 2.45) is 4.99 Å². The van der Waals surface area contributed by atoms with Gasteiger partial charge in [0.05, 0.1) is 12.2 Å². The quantitative estimate of drug-likeness (QED) is 0.539. The molecular formula is C25H20N2. The molecule has 2 heterocycles. The predicted molar refractivity (Wildman–Crippen MR) is 115 cm³/mol. The Kier molecular flexibility index (Phi) is 4.36. The van der Waals surface area contributed by atoms with E-state index in [-0.39, 0.29) is 0 Å². The summed E-state index contributed by atoms with van der Waals surface area (Å²) in [5, 5.41) is 0. The van der Waals surface area contributed by atoms with E-state index in [0.717, 1.165) is 39.5 Å². The van der Waals surface area contributed by atoms with E-state index in [2.05, 4.69) is 60.7 Å². The highest BCUT2D eigenvalue weighted by Gasteiger charge is 2.33. The lowest BCUT2D eigenvalue weighted by molar-refractivity contribution is 1.15. The number of fused-ring (bicyclic) bond motifs is 3. The molecule has 27 heavy (non-hydrogen) atoms. The van der Waals surface area contributed by atoms with Crippen molar-refractivity contribution < 1.29 is 0 Å². The van der Waals surface area contributed by atoms with Gasteiger partial charge in [0.1, 0.15) is 5.84 Å². The maximum atomic E-state index is 5.78. The normalized spacial score (nSPS) is 17.0. The molecule has 0 N–H and O–H groups in total. The number of nitrogens with zero attached hydrogens (tertiary/aromatic N) is 2. The number of para-hydroxylation sites is 1. The minimum atomic E-state index is 0.659. The Labute approximate surface area is 160 Å². The highest BCUT2D eigenvalue weighted by atomic mass is 15.3. The fraction of sp³-hybridized carbons (Fsp3) is 0.0800. The van der Waals surface area contributed by atoms with Crippen LogP contribution in [0.25, 0.3) is 5.57 Å². The Balaban J connectivity index is 1.95. The van der Waals surface area contributed by atoms with Crippen molar-refractivity contribution in [2.75, 3.05) is 11.4 Å². The van der Waals surface area contributed by atoms with E-state index in [1.165, 1.54) is 5.56 Å². The molecule has 0 amide bonds. The van der Waals surface area contributed by atoms with E-state index >= 15 is 0 Å². The van der Waals surface area contributed by atoms with E-state index in [1.54, 1.807) is 6.08 Å². The number of hydrogen-bond acceptors (Lipinski definition) is 2. The monoisotopic (exact) mass is 348 g/mol. The van der Waals surface area contributed by atoms with Crippen molar-refractivity contribution in [3.63, 3.8) is 0 Å². The second-order valence-corrected chi connectivity index (χ2v) is 6.46. The molecule has 2 aliphatic heterocycles. The molecule has 2 heteroatoms. The second-order valence-electron chi connectivity index (χ2n) is 6.46. The lowest BCUT2D eigenvalue weighted by Crippen LogP contribution is -2.31. The third-order valence-corrected chi connectivity index (χ3v) is 4.90.